The SMILES string of the molecule is O=C(O)c1coc(-c2cc(F)ccc2F)n1. The summed E-state index contributed by atoms with van der Waals surface area (Å²) >= 11 is 0. The molecule has 1 aromatic heterocycles. The summed E-state index contributed by atoms with van der Waals surface area (Å²) in [4.78, 5) is 14.0. The average Bonchev–Trinajstić information content (AvgIpc) is 2.70. The highest BCUT2D eigenvalue weighted by atomic mass is 19.1. The Bertz CT molecular complexity index is 551. The first-order chi connectivity index (χ1) is 7.58. The standard InChI is InChI=1S/C10H5F2NO3/c11-5-1-2-7(12)6(3-5)9-13-8(4-16-9)10(14)15/h1-4H,(H,14,15). The summed E-state index contributed by atoms with van der Waals surface area (Å²) in [6.45, 7) is 0. The van der Waals surface area contributed by atoms with E-state index in [1.807, 2.05) is 0 Å². The molecule has 0 bridgehead atoms. The number of oxazole rings is 1. The van der Waals surface area contributed by atoms with Gasteiger partial charge in [-0.25, -0.2) is 18.6 Å². The van der Waals surface area contributed by atoms with Crippen LogP contribution >= 0.6 is 0 Å². The van der Waals surface area contributed by atoms with E-state index in [1.54, 1.807) is 0 Å². The minimum absolute atomic E-state index is 0.215. The quantitative estimate of drug-likeness (QED) is 0.851. The van der Waals surface area contributed by atoms with Crippen LogP contribution in [0.3, 0.4) is 0 Å². The summed E-state index contributed by atoms with van der Waals surface area (Å²) in [5, 5.41) is 8.58. The third-order valence-corrected chi connectivity index (χ3v) is 1.88. The van der Waals surface area contributed by atoms with E-state index in [2.05, 4.69) is 4.98 Å². The number of hydrogen-bond acceptors (Lipinski definition) is 3. The second-order valence-electron chi connectivity index (χ2n) is 2.97. The van der Waals surface area contributed by atoms with Gasteiger partial charge in [0.05, 0.1) is 5.56 Å². The van der Waals surface area contributed by atoms with Crippen molar-refractivity contribution in [3.63, 3.8) is 0 Å². The van der Waals surface area contributed by atoms with Crippen LogP contribution in [0.5, 0.6) is 0 Å². The van der Waals surface area contributed by atoms with E-state index < -0.39 is 17.6 Å². The lowest BCUT2D eigenvalue weighted by Crippen LogP contribution is -1.96. The zero-order valence-corrected chi connectivity index (χ0v) is 7.78. The second kappa shape index (κ2) is 3.73. The van der Waals surface area contributed by atoms with E-state index in [1.165, 1.54) is 0 Å². The van der Waals surface area contributed by atoms with Gasteiger partial charge in [-0.3, -0.25) is 0 Å². The maximum Gasteiger partial charge on any atom is 0.357 e. The van der Waals surface area contributed by atoms with Crippen LogP contribution in [0.4, 0.5) is 8.78 Å². The van der Waals surface area contributed by atoms with E-state index in [-0.39, 0.29) is 17.1 Å². The number of nitrogens with zero attached hydrogens (tertiary/aromatic N) is 1. The lowest BCUT2D eigenvalue weighted by molar-refractivity contribution is 0.0690. The summed E-state index contributed by atoms with van der Waals surface area (Å²) in [7, 11) is 0. The van der Waals surface area contributed by atoms with Gasteiger partial charge in [0.25, 0.3) is 0 Å². The molecule has 82 valence electrons. The van der Waals surface area contributed by atoms with Gasteiger partial charge in [-0.1, -0.05) is 0 Å². The number of carbonyl (C=O) groups is 1. The smallest absolute Gasteiger partial charge is 0.357 e. The van der Waals surface area contributed by atoms with Gasteiger partial charge in [0, 0.05) is 0 Å². The predicted molar refractivity (Wildman–Crippen MR) is 48.8 cm³/mol. The molecule has 0 saturated heterocycles. The molecule has 0 aliphatic heterocycles. The minimum Gasteiger partial charge on any atom is -0.476 e. The highest BCUT2D eigenvalue weighted by molar-refractivity contribution is 5.85. The van der Waals surface area contributed by atoms with Crippen LogP contribution in [0, 0.1) is 11.6 Å². The lowest BCUT2D eigenvalue weighted by atomic mass is 10.2. The molecule has 2 aromatic rings. The molecule has 1 aromatic carbocycles. The van der Waals surface area contributed by atoms with Crippen LogP contribution in [-0.4, -0.2) is 16.1 Å². The van der Waals surface area contributed by atoms with Crippen molar-refractivity contribution in [2.75, 3.05) is 0 Å². The third-order valence-electron chi connectivity index (χ3n) is 1.88. The molecule has 0 radical (unpaired) electrons. The maximum absolute atomic E-state index is 13.3. The summed E-state index contributed by atoms with van der Waals surface area (Å²) < 4.78 is 30.8. The first kappa shape index (κ1) is 10.3. The molecule has 16 heavy (non-hydrogen) atoms. The fourth-order valence-corrected chi connectivity index (χ4v) is 1.16. The van der Waals surface area contributed by atoms with Gasteiger partial charge in [0.2, 0.25) is 5.89 Å². The molecular weight excluding hydrogens is 220 g/mol. The molecule has 1 heterocycles. The van der Waals surface area contributed by atoms with Crippen molar-refractivity contribution in [1.29, 1.82) is 0 Å². The second-order valence-corrected chi connectivity index (χ2v) is 2.97. The van der Waals surface area contributed by atoms with Crippen LogP contribution in [0.15, 0.2) is 28.9 Å². The van der Waals surface area contributed by atoms with Crippen molar-refractivity contribution in [3.05, 3.63) is 41.8 Å². The van der Waals surface area contributed by atoms with E-state index in [9.17, 15) is 13.6 Å². The third kappa shape index (κ3) is 1.77. The Balaban J connectivity index is 2.50. The topological polar surface area (TPSA) is 63.3 Å². The first-order valence-electron chi connectivity index (χ1n) is 4.22. The van der Waals surface area contributed by atoms with Crippen LogP contribution < -0.4 is 0 Å². The molecule has 0 fully saturated rings. The zero-order valence-electron chi connectivity index (χ0n) is 7.78. The number of hydrogen-bond donors (Lipinski definition) is 1. The van der Waals surface area contributed by atoms with Crippen molar-refractivity contribution in [3.8, 4) is 11.5 Å². The monoisotopic (exact) mass is 225 g/mol. The Morgan fingerprint density at radius 3 is 2.75 bits per heavy atom. The van der Waals surface area contributed by atoms with Crippen molar-refractivity contribution >= 4 is 5.97 Å². The fraction of sp³-hybridized carbons (Fsp3) is 0. The zero-order chi connectivity index (χ0) is 11.7. The molecule has 0 aliphatic carbocycles. The van der Waals surface area contributed by atoms with Gasteiger partial charge in [-0.2, -0.15) is 0 Å². The van der Waals surface area contributed by atoms with Crippen molar-refractivity contribution in [2.45, 2.75) is 0 Å². The maximum atomic E-state index is 13.3. The Kier molecular flexibility index (Phi) is 2.40. The molecule has 0 atom stereocenters. The van der Waals surface area contributed by atoms with E-state index >= 15 is 0 Å². The molecular formula is C10H5F2NO3. The van der Waals surface area contributed by atoms with Gasteiger partial charge < -0.3 is 9.52 Å². The van der Waals surface area contributed by atoms with Crippen molar-refractivity contribution < 1.29 is 23.1 Å². The van der Waals surface area contributed by atoms with Crippen LogP contribution in [0.25, 0.3) is 11.5 Å². The number of carboxylic acids is 1. The number of benzene rings is 1. The number of rotatable bonds is 2. The van der Waals surface area contributed by atoms with Crippen molar-refractivity contribution in [1.82, 2.24) is 4.98 Å². The van der Waals surface area contributed by atoms with Gasteiger partial charge in [0.15, 0.2) is 5.69 Å². The Hall–Kier alpha value is -2.24. The van der Waals surface area contributed by atoms with Gasteiger partial charge >= 0.3 is 5.97 Å². The highest BCUT2D eigenvalue weighted by Crippen LogP contribution is 2.22. The molecule has 0 aliphatic rings. The largest absolute Gasteiger partial charge is 0.476 e. The number of aromatic carboxylic acids is 1. The summed E-state index contributed by atoms with van der Waals surface area (Å²) in [6.07, 6.45) is 0.863. The molecule has 4 nitrogen and oxygen atoms in total. The van der Waals surface area contributed by atoms with E-state index in [0.717, 1.165) is 24.5 Å². The van der Waals surface area contributed by atoms with Crippen LogP contribution in [-0.2, 0) is 0 Å². The van der Waals surface area contributed by atoms with E-state index in [0.29, 0.717) is 0 Å². The Morgan fingerprint density at radius 1 is 1.38 bits per heavy atom. The van der Waals surface area contributed by atoms with Gasteiger partial charge in [-0.05, 0) is 18.2 Å². The minimum atomic E-state index is -1.30. The summed E-state index contributed by atoms with van der Waals surface area (Å²) in [6, 6.07) is 2.74. The van der Waals surface area contributed by atoms with Crippen molar-refractivity contribution in [2.24, 2.45) is 0 Å². The lowest BCUT2D eigenvalue weighted by Gasteiger charge is -1.97. The predicted octanol–water partition coefficient (Wildman–Crippen LogP) is 2.32. The first-order valence-corrected chi connectivity index (χ1v) is 4.22. The Morgan fingerprint density at radius 2 is 2.12 bits per heavy atom. The van der Waals surface area contributed by atoms with Gasteiger partial charge in [-0.15, -0.1) is 0 Å². The average molecular weight is 225 g/mol. The van der Waals surface area contributed by atoms with Gasteiger partial charge in [0.1, 0.15) is 17.9 Å². The number of halogens is 2. The molecule has 0 spiro atoms. The van der Waals surface area contributed by atoms with Crippen LogP contribution in [0.2, 0.25) is 0 Å². The van der Waals surface area contributed by atoms with E-state index in [4.69, 9.17) is 9.52 Å². The fourth-order valence-electron chi connectivity index (χ4n) is 1.16. The molecule has 0 amide bonds. The number of carboxylic acid groups (broad SMARTS) is 1. The molecule has 2 rings (SSSR count). The summed E-state index contributed by atoms with van der Waals surface area (Å²) in [5.74, 6) is -2.96. The molecule has 0 unspecified atom stereocenters. The molecule has 0 saturated carbocycles. The molecule has 6 heteroatoms. The number of aromatic nitrogens is 1. The normalized spacial score (nSPS) is 10.4. The summed E-state index contributed by atoms with van der Waals surface area (Å²) in [5.41, 5.74) is -0.578. The Labute approximate surface area is 88.2 Å². The van der Waals surface area contributed by atoms with Crippen LogP contribution in [0.1, 0.15) is 10.5 Å². The highest BCUT2D eigenvalue weighted by Gasteiger charge is 2.15. The molecule has 1 N–H and O–H groups in total.